The first-order valence-corrected chi connectivity index (χ1v) is 7.38. The lowest BCUT2D eigenvalue weighted by atomic mass is 10.0. The molecule has 1 heterocycles. The summed E-state index contributed by atoms with van der Waals surface area (Å²) in [7, 11) is 0. The molecule has 1 aromatic heterocycles. The fraction of sp³-hybridized carbons (Fsp3) is 0.667. The third kappa shape index (κ3) is 2.62. The molecule has 2 unspecified atom stereocenters. The highest BCUT2D eigenvalue weighted by Crippen LogP contribution is 2.45. The zero-order valence-electron chi connectivity index (χ0n) is 12.3. The Hall–Kier alpha value is -1.65. The Kier molecular flexibility index (Phi) is 4.26. The zero-order chi connectivity index (χ0) is 14.9. The highest BCUT2D eigenvalue weighted by molar-refractivity contribution is 5.71. The van der Waals surface area contributed by atoms with Crippen LogP contribution >= 0.6 is 0 Å². The van der Waals surface area contributed by atoms with Crippen LogP contribution < -0.4 is 5.69 Å². The van der Waals surface area contributed by atoms with Gasteiger partial charge in [0.1, 0.15) is 0 Å². The van der Waals surface area contributed by atoms with Crippen molar-refractivity contribution in [3.63, 3.8) is 0 Å². The van der Waals surface area contributed by atoms with Crippen LogP contribution in [0.3, 0.4) is 0 Å². The average molecular weight is 278 g/mol. The van der Waals surface area contributed by atoms with Crippen LogP contribution in [0.1, 0.15) is 56.6 Å². The van der Waals surface area contributed by atoms with Gasteiger partial charge in [-0.05, 0) is 25.2 Å². The third-order valence-electron chi connectivity index (χ3n) is 4.16. The molecule has 110 valence electrons. The Labute approximate surface area is 118 Å². The minimum atomic E-state index is -0.871. The Morgan fingerprint density at radius 1 is 1.35 bits per heavy atom. The second-order valence-corrected chi connectivity index (χ2v) is 5.39. The first-order valence-electron chi connectivity index (χ1n) is 7.38. The number of aryl methyl sites for hydroxylation is 1. The summed E-state index contributed by atoms with van der Waals surface area (Å²) in [4.78, 5) is 27.5. The summed E-state index contributed by atoms with van der Waals surface area (Å²) >= 11 is 0. The molecule has 0 radical (unpaired) electrons. The monoisotopic (exact) mass is 278 g/mol. The minimum Gasteiger partial charge on any atom is -0.481 e. The number of hydrogen-bond donors (Lipinski definition) is 1. The molecule has 0 aromatic carbocycles. The Morgan fingerprint density at radius 3 is 2.50 bits per heavy atom. The first kappa shape index (κ1) is 14.8. The van der Waals surface area contributed by atoms with Crippen molar-refractivity contribution >= 4 is 5.97 Å². The van der Waals surface area contributed by atoms with Gasteiger partial charge >= 0.3 is 11.7 Å². The fourth-order valence-corrected chi connectivity index (χ4v) is 3.02. The van der Waals surface area contributed by atoms with Crippen molar-refractivity contribution in [2.75, 3.05) is 0 Å². The maximum Gasteiger partial charge on any atom is 0.348 e. The highest BCUT2D eigenvalue weighted by atomic mass is 16.4. The molecule has 1 fully saturated rings. The molecule has 2 atom stereocenters. The van der Waals surface area contributed by atoms with E-state index in [9.17, 15) is 9.59 Å². The minimum absolute atomic E-state index is 0.0524. The van der Waals surface area contributed by atoms with Gasteiger partial charge in [0.25, 0.3) is 0 Å². The van der Waals surface area contributed by atoms with E-state index in [2.05, 4.69) is 11.9 Å². The molecule has 0 bridgehead atoms. The molecule has 20 heavy (non-hydrogen) atoms. The summed E-state index contributed by atoms with van der Waals surface area (Å²) < 4.78 is 1.76. The molecule has 5 nitrogen and oxygen atoms in total. The van der Waals surface area contributed by atoms with E-state index in [0.29, 0.717) is 24.5 Å². The predicted octanol–water partition coefficient (Wildman–Crippen LogP) is 1.97. The van der Waals surface area contributed by atoms with Crippen molar-refractivity contribution in [2.45, 2.75) is 58.9 Å². The molecule has 1 aromatic rings. The summed E-state index contributed by atoms with van der Waals surface area (Å²) in [6.45, 7) is 6.00. The Balaban J connectivity index is 2.56. The second kappa shape index (κ2) is 5.77. The number of rotatable bonds is 6. The third-order valence-corrected chi connectivity index (χ3v) is 4.16. The summed E-state index contributed by atoms with van der Waals surface area (Å²) in [5.74, 6) is -0.339. The van der Waals surface area contributed by atoms with Crippen LogP contribution in [0, 0.1) is 5.92 Å². The Morgan fingerprint density at radius 2 is 2.05 bits per heavy atom. The molecule has 5 heteroatoms. The van der Waals surface area contributed by atoms with Crippen molar-refractivity contribution in [1.29, 1.82) is 0 Å². The van der Waals surface area contributed by atoms with Crippen molar-refractivity contribution in [1.82, 2.24) is 9.55 Å². The summed E-state index contributed by atoms with van der Waals surface area (Å²) in [5.41, 5.74) is 2.03. The molecule has 0 aliphatic heterocycles. The molecular formula is C15H22N2O3. The van der Waals surface area contributed by atoms with Gasteiger partial charge in [-0.15, -0.1) is 0 Å². The Bertz CT molecular complexity index is 577. The number of nitrogens with zero attached hydrogens (tertiary/aromatic N) is 2. The van der Waals surface area contributed by atoms with Crippen molar-refractivity contribution in [3.05, 3.63) is 27.4 Å². The van der Waals surface area contributed by atoms with Crippen LogP contribution in [0.25, 0.3) is 0 Å². The smallest absolute Gasteiger partial charge is 0.348 e. The number of aliphatic carboxylic acids is 1. The molecular weight excluding hydrogens is 256 g/mol. The molecule has 1 aliphatic rings. The van der Waals surface area contributed by atoms with Crippen LogP contribution in [0.2, 0.25) is 0 Å². The molecule has 1 saturated carbocycles. The SMILES string of the molecule is CCc1nc(=O)n(C2CC2CC)c(CC)c1CC(=O)O. The summed E-state index contributed by atoms with van der Waals surface area (Å²) in [6.07, 6.45) is 3.25. The van der Waals surface area contributed by atoms with E-state index in [-0.39, 0.29) is 18.2 Å². The molecule has 1 aliphatic carbocycles. The van der Waals surface area contributed by atoms with Crippen LogP contribution in [0.15, 0.2) is 4.79 Å². The van der Waals surface area contributed by atoms with Crippen molar-refractivity contribution < 1.29 is 9.90 Å². The van der Waals surface area contributed by atoms with Crippen LogP contribution in [-0.2, 0) is 24.1 Å². The number of aromatic nitrogens is 2. The van der Waals surface area contributed by atoms with Gasteiger partial charge in [-0.2, -0.15) is 4.98 Å². The van der Waals surface area contributed by atoms with Gasteiger partial charge in [0.2, 0.25) is 0 Å². The van der Waals surface area contributed by atoms with Gasteiger partial charge in [-0.1, -0.05) is 27.2 Å². The largest absolute Gasteiger partial charge is 0.481 e. The van der Waals surface area contributed by atoms with E-state index in [1.54, 1.807) is 4.57 Å². The zero-order valence-corrected chi connectivity index (χ0v) is 12.3. The quantitative estimate of drug-likeness (QED) is 0.863. The maximum atomic E-state index is 12.3. The summed E-state index contributed by atoms with van der Waals surface area (Å²) in [5, 5.41) is 9.10. The molecule has 2 rings (SSSR count). The molecule has 0 amide bonds. The van der Waals surface area contributed by atoms with E-state index >= 15 is 0 Å². The van der Waals surface area contributed by atoms with E-state index in [1.165, 1.54) is 0 Å². The average Bonchev–Trinajstić information content (AvgIpc) is 3.18. The highest BCUT2D eigenvalue weighted by Gasteiger charge is 2.39. The van der Waals surface area contributed by atoms with Gasteiger partial charge in [-0.3, -0.25) is 9.36 Å². The van der Waals surface area contributed by atoms with Crippen molar-refractivity contribution in [2.24, 2.45) is 5.92 Å². The van der Waals surface area contributed by atoms with Crippen LogP contribution in [-0.4, -0.2) is 20.6 Å². The van der Waals surface area contributed by atoms with Gasteiger partial charge < -0.3 is 5.11 Å². The predicted molar refractivity (Wildman–Crippen MR) is 76.0 cm³/mol. The van der Waals surface area contributed by atoms with Gasteiger partial charge in [0, 0.05) is 17.3 Å². The number of carboxylic acids is 1. The van der Waals surface area contributed by atoms with Crippen LogP contribution in [0.5, 0.6) is 0 Å². The van der Waals surface area contributed by atoms with E-state index < -0.39 is 5.97 Å². The lowest BCUT2D eigenvalue weighted by Gasteiger charge is -2.17. The van der Waals surface area contributed by atoms with Gasteiger partial charge in [0.05, 0.1) is 12.1 Å². The number of carbonyl (C=O) groups is 1. The number of hydrogen-bond acceptors (Lipinski definition) is 3. The van der Waals surface area contributed by atoms with Gasteiger partial charge in [-0.25, -0.2) is 4.79 Å². The lowest BCUT2D eigenvalue weighted by Crippen LogP contribution is -2.30. The molecule has 0 spiro atoms. The molecule has 0 saturated heterocycles. The maximum absolute atomic E-state index is 12.3. The van der Waals surface area contributed by atoms with E-state index in [4.69, 9.17) is 5.11 Å². The fourth-order valence-electron chi connectivity index (χ4n) is 3.02. The van der Waals surface area contributed by atoms with Gasteiger partial charge in [0.15, 0.2) is 0 Å². The van der Waals surface area contributed by atoms with Crippen LogP contribution in [0.4, 0.5) is 0 Å². The van der Waals surface area contributed by atoms with E-state index in [0.717, 1.165) is 24.1 Å². The van der Waals surface area contributed by atoms with E-state index in [1.807, 2.05) is 13.8 Å². The lowest BCUT2D eigenvalue weighted by molar-refractivity contribution is -0.136. The second-order valence-electron chi connectivity index (χ2n) is 5.39. The summed E-state index contributed by atoms with van der Waals surface area (Å²) in [6, 6.07) is 0.216. The standard InChI is InChI=1S/C15H22N2O3/c1-4-9-7-13(9)17-12(6-3)10(8-14(18)19)11(5-2)16-15(17)20/h9,13H,4-8H2,1-3H3,(H,18,19). The van der Waals surface area contributed by atoms with Crippen molar-refractivity contribution in [3.8, 4) is 0 Å². The first-order chi connectivity index (χ1) is 9.53. The normalized spacial score (nSPS) is 20.9. The molecule has 1 N–H and O–H groups in total. The topological polar surface area (TPSA) is 72.2 Å². The number of carboxylic acid groups (broad SMARTS) is 1.